The molecule has 0 bridgehead atoms. The molecule has 0 atom stereocenters. The van der Waals surface area contributed by atoms with E-state index in [2.05, 4.69) is 10.1 Å². The Kier molecular flexibility index (Phi) is 8.95. The van der Waals surface area contributed by atoms with E-state index >= 15 is 0 Å². The molecule has 0 fully saturated rings. The van der Waals surface area contributed by atoms with Crippen LogP contribution in [0.2, 0.25) is 10.0 Å². The van der Waals surface area contributed by atoms with Gasteiger partial charge in [-0.25, -0.2) is 9.07 Å². The molecule has 2 aromatic carbocycles. The number of aldehydes is 2. The molecule has 0 saturated heterocycles. The van der Waals surface area contributed by atoms with Gasteiger partial charge >= 0.3 is 0 Å². The van der Waals surface area contributed by atoms with Gasteiger partial charge in [-0.15, -0.1) is 0 Å². The summed E-state index contributed by atoms with van der Waals surface area (Å²) in [6, 6.07) is 10.8. The van der Waals surface area contributed by atoms with Crippen molar-refractivity contribution in [3.05, 3.63) is 94.0 Å². The van der Waals surface area contributed by atoms with Gasteiger partial charge in [0.2, 0.25) is 0 Å². The highest BCUT2D eigenvalue weighted by Gasteiger charge is 2.04. The van der Waals surface area contributed by atoms with E-state index in [1.807, 2.05) is 12.2 Å². The van der Waals surface area contributed by atoms with Crippen molar-refractivity contribution in [2.75, 3.05) is 6.54 Å². The third kappa shape index (κ3) is 7.10. The third-order valence-corrected chi connectivity index (χ3v) is 3.97. The second-order valence-corrected chi connectivity index (χ2v) is 6.37. The molecule has 1 aliphatic heterocycles. The molecule has 0 amide bonds. The molecule has 2 heterocycles. The molecule has 0 saturated carbocycles. The first-order chi connectivity index (χ1) is 14.0. The number of nitrogens with zero attached hydrogens (tertiary/aromatic N) is 3. The Bertz CT molecular complexity index is 1010. The fraction of sp³-hybridized carbons (Fsp3) is 0.0476. The number of hydrogen-bond acceptors (Lipinski definition) is 4. The Hall–Kier alpha value is -3.09. The molecule has 1 aliphatic rings. The molecule has 1 aromatic heterocycles. The average molecular weight is 432 g/mol. The standard InChI is InChI=1S/C10H7ClN2O.C7H4ClFO.C4H5N/c11-9-3-2-8(7-14)10(6-9)13-5-1-4-12-13;8-6-2-1-5(4-10)7(9)3-6;1-2-4-5-3-1/h1-7H;1-4H;1-3H,4H2. The van der Waals surface area contributed by atoms with Gasteiger partial charge in [0.1, 0.15) is 5.82 Å². The number of carbonyl (C=O) groups is 2. The molecule has 8 heteroatoms. The molecular formula is C21H16Cl2FN3O2. The Morgan fingerprint density at radius 3 is 2.17 bits per heavy atom. The van der Waals surface area contributed by atoms with Crippen molar-refractivity contribution in [1.82, 2.24) is 9.78 Å². The first kappa shape index (κ1) is 22.2. The zero-order valence-corrected chi connectivity index (χ0v) is 16.6. The van der Waals surface area contributed by atoms with Gasteiger partial charge in [-0.05, 0) is 48.5 Å². The van der Waals surface area contributed by atoms with Crippen LogP contribution < -0.4 is 0 Å². The molecule has 0 spiro atoms. The number of allylic oxidation sites excluding steroid dienone is 1. The number of aromatic nitrogens is 2. The highest BCUT2D eigenvalue weighted by atomic mass is 35.5. The summed E-state index contributed by atoms with van der Waals surface area (Å²) in [5.74, 6) is -0.581. The molecule has 0 N–H and O–H groups in total. The molecule has 0 unspecified atom stereocenters. The van der Waals surface area contributed by atoms with Crippen LogP contribution in [0, 0.1) is 5.82 Å². The van der Waals surface area contributed by atoms with Crippen molar-refractivity contribution >= 4 is 42.0 Å². The lowest BCUT2D eigenvalue weighted by molar-refractivity contribution is 0.111. The smallest absolute Gasteiger partial charge is 0.152 e. The highest BCUT2D eigenvalue weighted by molar-refractivity contribution is 6.31. The molecule has 0 radical (unpaired) electrons. The van der Waals surface area contributed by atoms with Crippen molar-refractivity contribution < 1.29 is 14.0 Å². The van der Waals surface area contributed by atoms with E-state index < -0.39 is 5.82 Å². The van der Waals surface area contributed by atoms with E-state index in [1.165, 1.54) is 12.1 Å². The lowest BCUT2D eigenvalue weighted by atomic mass is 10.2. The van der Waals surface area contributed by atoms with Crippen LogP contribution in [0.1, 0.15) is 20.7 Å². The Morgan fingerprint density at radius 1 is 1.00 bits per heavy atom. The summed E-state index contributed by atoms with van der Waals surface area (Å²) in [6.45, 7) is 0.889. The van der Waals surface area contributed by atoms with E-state index in [0.29, 0.717) is 27.6 Å². The Balaban J connectivity index is 0.000000173. The molecular weight excluding hydrogens is 416 g/mol. The van der Waals surface area contributed by atoms with E-state index in [-0.39, 0.29) is 5.56 Å². The normalized spacial score (nSPS) is 11.1. The van der Waals surface area contributed by atoms with E-state index in [4.69, 9.17) is 23.2 Å². The highest BCUT2D eigenvalue weighted by Crippen LogP contribution is 2.18. The maximum absolute atomic E-state index is 12.5. The van der Waals surface area contributed by atoms with Crippen LogP contribution in [-0.2, 0) is 0 Å². The molecule has 0 aliphatic carbocycles. The lowest BCUT2D eigenvalue weighted by Gasteiger charge is -2.04. The fourth-order valence-electron chi connectivity index (χ4n) is 2.13. The van der Waals surface area contributed by atoms with Crippen molar-refractivity contribution in [2.24, 2.45) is 4.99 Å². The largest absolute Gasteiger partial charge is 0.298 e. The van der Waals surface area contributed by atoms with Crippen molar-refractivity contribution in [3.8, 4) is 5.69 Å². The number of aliphatic imine (C=N–C) groups is 1. The van der Waals surface area contributed by atoms with Crippen LogP contribution in [0.4, 0.5) is 4.39 Å². The molecule has 29 heavy (non-hydrogen) atoms. The van der Waals surface area contributed by atoms with Gasteiger partial charge in [-0.2, -0.15) is 5.10 Å². The maximum atomic E-state index is 12.5. The van der Waals surface area contributed by atoms with Gasteiger partial charge in [0.05, 0.1) is 17.8 Å². The zero-order chi connectivity index (χ0) is 21.1. The average Bonchev–Trinajstić information content (AvgIpc) is 3.45. The van der Waals surface area contributed by atoms with E-state index in [1.54, 1.807) is 47.6 Å². The summed E-state index contributed by atoms with van der Waals surface area (Å²) < 4.78 is 14.1. The van der Waals surface area contributed by atoms with Crippen LogP contribution in [0.3, 0.4) is 0 Å². The van der Waals surface area contributed by atoms with Gasteiger partial charge in [0.25, 0.3) is 0 Å². The summed E-state index contributed by atoms with van der Waals surface area (Å²) in [5.41, 5.74) is 1.29. The summed E-state index contributed by atoms with van der Waals surface area (Å²) in [6.07, 6.45) is 10.4. The van der Waals surface area contributed by atoms with Gasteiger partial charge in [-0.3, -0.25) is 14.6 Å². The van der Waals surface area contributed by atoms with Gasteiger partial charge < -0.3 is 0 Å². The molecule has 4 rings (SSSR count). The third-order valence-electron chi connectivity index (χ3n) is 3.50. The predicted molar refractivity (Wildman–Crippen MR) is 113 cm³/mol. The number of hydrogen-bond donors (Lipinski definition) is 0. The quantitative estimate of drug-likeness (QED) is 0.531. The number of carbonyl (C=O) groups excluding carboxylic acids is 2. The maximum Gasteiger partial charge on any atom is 0.152 e. The predicted octanol–water partition coefficient (Wildman–Crippen LogP) is 5.26. The van der Waals surface area contributed by atoms with E-state index in [9.17, 15) is 14.0 Å². The summed E-state index contributed by atoms with van der Waals surface area (Å²) >= 11 is 11.3. The van der Waals surface area contributed by atoms with Crippen LogP contribution >= 0.6 is 23.2 Å². The molecule has 148 valence electrons. The first-order valence-corrected chi connectivity index (χ1v) is 9.10. The SMILES string of the molecule is C1=CCN=C1.O=Cc1ccc(Cl)cc1-n1cccn1.O=Cc1ccc(Cl)cc1F. The first-order valence-electron chi connectivity index (χ1n) is 8.35. The minimum Gasteiger partial charge on any atom is -0.298 e. The summed E-state index contributed by atoms with van der Waals surface area (Å²) in [4.78, 5) is 24.7. The van der Waals surface area contributed by atoms with Crippen LogP contribution in [0.5, 0.6) is 0 Å². The topological polar surface area (TPSA) is 64.3 Å². The Morgan fingerprint density at radius 2 is 1.69 bits per heavy atom. The second kappa shape index (κ2) is 11.7. The van der Waals surface area contributed by atoms with Crippen molar-refractivity contribution in [1.29, 1.82) is 0 Å². The summed E-state index contributed by atoms with van der Waals surface area (Å²) in [7, 11) is 0. The molecule has 5 nitrogen and oxygen atoms in total. The zero-order valence-electron chi connectivity index (χ0n) is 15.1. The van der Waals surface area contributed by atoms with Crippen LogP contribution in [0.25, 0.3) is 5.69 Å². The van der Waals surface area contributed by atoms with Crippen LogP contribution in [0.15, 0.2) is 72.0 Å². The lowest BCUT2D eigenvalue weighted by Crippen LogP contribution is -1.98. The van der Waals surface area contributed by atoms with Crippen molar-refractivity contribution in [3.63, 3.8) is 0 Å². The minimum absolute atomic E-state index is 0.0319. The van der Waals surface area contributed by atoms with E-state index in [0.717, 1.165) is 18.9 Å². The number of rotatable bonds is 3. The Labute approximate surface area is 177 Å². The second-order valence-electron chi connectivity index (χ2n) is 5.50. The summed E-state index contributed by atoms with van der Waals surface area (Å²) in [5, 5.41) is 4.91. The van der Waals surface area contributed by atoms with Gasteiger partial charge in [-0.1, -0.05) is 29.3 Å². The van der Waals surface area contributed by atoms with Gasteiger partial charge in [0.15, 0.2) is 12.6 Å². The monoisotopic (exact) mass is 431 g/mol. The molecule has 3 aromatic rings. The minimum atomic E-state index is -0.581. The van der Waals surface area contributed by atoms with Crippen LogP contribution in [-0.4, -0.2) is 35.1 Å². The fourth-order valence-corrected chi connectivity index (χ4v) is 2.45. The van der Waals surface area contributed by atoms with Gasteiger partial charge in [0, 0.05) is 34.2 Å². The number of benzene rings is 2. The van der Waals surface area contributed by atoms with Crippen molar-refractivity contribution in [2.45, 2.75) is 0 Å². The number of halogens is 3.